The summed E-state index contributed by atoms with van der Waals surface area (Å²) in [5, 5.41) is 15.4. The van der Waals surface area contributed by atoms with Gasteiger partial charge >= 0.3 is 5.97 Å². The predicted octanol–water partition coefficient (Wildman–Crippen LogP) is 3.56. The lowest BCUT2D eigenvalue weighted by Crippen LogP contribution is -2.43. The minimum absolute atomic E-state index is 0.171. The Balaban J connectivity index is 1.31. The standard InChI is InChI=1S/C24H37N3O4/c1-24(2,3)15-21(28)27-20(23(29)30)10-12-31-19-13-16(14-19)6-8-18-9-7-17-5-4-11-25-22(17)26-18/h7,9,16,19-20H,4-6,8,10-15H2,1-3H3,(H,25,26)(H,27,28)(H,29,30)/t16?,19?,20-/m0/s1. The molecule has 1 aromatic heterocycles. The van der Waals surface area contributed by atoms with Crippen molar-refractivity contribution in [3.05, 3.63) is 23.4 Å². The Morgan fingerprint density at radius 3 is 2.81 bits per heavy atom. The number of fused-ring (bicyclic) bond motifs is 1. The molecule has 7 nitrogen and oxygen atoms in total. The zero-order chi connectivity index (χ0) is 22.4. The topological polar surface area (TPSA) is 101 Å². The van der Waals surface area contributed by atoms with Gasteiger partial charge in [-0.15, -0.1) is 0 Å². The van der Waals surface area contributed by atoms with Crippen LogP contribution in [-0.4, -0.2) is 47.3 Å². The maximum absolute atomic E-state index is 12.0. The van der Waals surface area contributed by atoms with Gasteiger partial charge in [-0.05, 0) is 61.5 Å². The molecule has 1 fully saturated rings. The van der Waals surface area contributed by atoms with E-state index < -0.39 is 12.0 Å². The Labute approximate surface area is 185 Å². The maximum Gasteiger partial charge on any atom is 0.326 e. The third kappa shape index (κ3) is 7.49. The highest BCUT2D eigenvalue weighted by molar-refractivity contribution is 5.83. The third-order valence-electron chi connectivity index (χ3n) is 6.04. The van der Waals surface area contributed by atoms with Crippen molar-refractivity contribution in [2.24, 2.45) is 11.3 Å². The number of amides is 1. The largest absolute Gasteiger partial charge is 0.480 e. The molecular weight excluding hydrogens is 394 g/mol. The minimum Gasteiger partial charge on any atom is -0.480 e. The number of carboxylic acids is 1. The van der Waals surface area contributed by atoms with Crippen molar-refractivity contribution in [2.45, 2.75) is 84.3 Å². The van der Waals surface area contributed by atoms with Gasteiger partial charge in [0, 0.05) is 31.7 Å². The van der Waals surface area contributed by atoms with Crippen molar-refractivity contribution in [1.82, 2.24) is 10.3 Å². The lowest BCUT2D eigenvalue weighted by Gasteiger charge is -2.35. The molecule has 1 atom stereocenters. The highest BCUT2D eigenvalue weighted by Crippen LogP contribution is 2.34. The summed E-state index contributed by atoms with van der Waals surface area (Å²) in [5.74, 6) is 0.456. The van der Waals surface area contributed by atoms with E-state index in [1.54, 1.807) is 0 Å². The van der Waals surface area contributed by atoms with Crippen LogP contribution in [0.2, 0.25) is 0 Å². The van der Waals surface area contributed by atoms with Crippen molar-refractivity contribution in [3.8, 4) is 0 Å². The van der Waals surface area contributed by atoms with E-state index in [4.69, 9.17) is 9.72 Å². The molecule has 1 saturated carbocycles. The molecule has 0 spiro atoms. The fourth-order valence-corrected chi connectivity index (χ4v) is 4.24. The van der Waals surface area contributed by atoms with E-state index in [1.165, 1.54) is 12.0 Å². The van der Waals surface area contributed by atoms with Crippen LogP contribution in [0, 0.1) is 11.3 Å². The number of ether oxygens (including phenoxy) is 1. The van der Waals surface area contributed by atoms with Gasteiger partial charge in [0.25, 0.3) is 0 Å². The lowest BCUT2D eigenvalue weighted by molar-refractivity contribution is -0.143. The van der Waals surface area contributed by atoms with Crippen molar-refractivity contribution in [1.29, 1.82) is 0 Å². The summed E-state index contributed by atoms with van der Waals surface area (Å²) in [6.45, 7) is 7.22. The molecule has 1 aliphatic carbocycles. The second kappa shape index (κ2) is 10.4. The smallest absolute Gasteiger partial charge is 0.326 e. The van der Waals surface area contributed by atoms with Gasteiger partial charge in [-0.1, -0.05) is 26.8 Å². The van der Waals surface area contributed by atoms with Crippen LogP contribution in [0.15, 0.2) is 12.1 Å². The first-order valence-corrected chi connectivity index (χ1v) is 11.6. The summed E-state index contributed by atoms with van der Waals surface area (Å²) < 4.78 is 5.86. The fraction of sp³-hybridized carbons (Fsp3) is 0.708. The monoisotopic (exact) mass is 431 g/mol. The van der Waals surface area contributed by atoms with Crippen molar-refractivity contribution >= 4 is 17.7 Å². The second-order valence-corrected chi connectivity index (χ2v) is 10.2. The van der Waals surface area contributed by atoms with E-state index in [2.05, 4.69) is 22.8 Å². The molecular formula is C24H37N3O4. The Morgan fingerprint density at radius 1 is 1.32 bits per heavy atom. The van der Waals surface area contributed by atoms with Crippen molar-refractivity contribution < 1.29 is 19.4 Å². The molecule has 1 amide bonds. The number of rotatable bonds is 10. The number of nitrogens with zero attached hydrogens (tertiary/aromatic N) is 1. The van der Waals surface area contributed by atoms with Crippen LogP contribution in [0.5, 0.6) is 0 Å². The number of nitrogens with one attached hydrogen (secondary N) is 2. The van der Waals surface area contributed by atoms with Crippen molar-refractivity contribution in [3.63, 3.8) is 0 Å². The van der Waals surface area contributed by atoms with Crippen LogP contribution in [0.1, 0.15) is 70.6 Å². The van der Waals surface area contributed by atoms with Crippen LogP contribution < -0.4 is 10.6 Å². The maximum atomic E-state index is 12.0. The van der Waals surface area contributed by atoms with Gasteiger partial charge in [0.1, 0.15) is 11.9 Å². The number of aliphatic carboxylic acids is 1. The van der Waals surface area contributed by atoms with Gasteiger partial charge in [0.2, 0.25) is 5.91 Å². The molecule has 1 aliphatic heterocycles. The zero-order valence-corrected chi connectivity index (χ0v) is 19.1. The average Bonchev–Trinajstić information content (AvgIpc) is 2.66. The first-order valence-electron chi connectivity index (χ1n) is 11.6. The Kier molecular flexibility index (Phi) is 7.92. The third-order valence-corrected chi connectivity index (χ3v) is 6.04. The van der Waals surface area contributed by atoms with Gasteiger partial charge in [0.15, 0.2) is 0 Å². The summed E-state index contributed by atoms with van der Waals surface area (Å²) in [4.78, 5) is 28.2. The highest BCUT2D eigenvalue weighted by atomic mass is 16.5. The van der Waals surface area contributed by atoms with Gasteiger partial charge in [0.05, 0.1) is 6.10 Å². The molecule has 7 heteroatoms. The summed E-state index contributed by atoms with van der Waals surface area (Å²) in [6, 6.07) is 3.46. The summed E-state index contributed by atoms with van der Waals surface area (Å²) in [6.07, 6.45) is 7.18. The normalized spacial score (nSPS) is 21.4. The van der Waals surface area contributed by atoms with Crippen molar-refractivity contribution in [2.75, 3.05) is 18.5 Å². The first kappa shape index (κ1) is 23.5. The number of carbonyl (C=O) groups is 2. The Hall–Kier alpha value is -2.15. The lowest BCUT2D eigenvalue weighted by atomic mass is 9.79. The average molecular weight is 432 g/mol. The molecule has 3 rings (SSSR count). The van der Waals surface area contributed by atoms with Crippen LogP contribution in [0.3, 0.4) is 0 Å². The fourth-order valence-electron chi connectivity index (χ4n) is 4.24. The van der Waals surface area contributed by atoms with E-state index in [-0.39, 0.29) is 17.4 Å². The minimum atomic E-state index is -1.01. The Bertz CT molecular complexity index is 769. The van der Waals surface area contributed by atoms with E-state index in [1.807, 2.05) is 20.8 Å². The van der Waals surface area contributed by atoms with E-state index >= 15 is 0 Å². The molecule has 31 heavy (non-hydrogen) atoms. The molecule has 0 saturated heterocycles. The van der Waals surface area contributed by atoms with E-state index in [0.717, 1.165) is 50.2 Å². The predicted molar refractivity (Wildman–Crippen MR) is 120 cm³/mol. The van der Waals surface area contributed by atoms with Gasteiger partial charge in [-0.25, -0.2) is 9.78 Å². The zero-order valence-electron chi connectivity index (χ0n) is 19.1. The quantitative estimate of drug-likeness (QED) is 0.524. The Morgan fingerprint density at radius 2 is 2.10 bits per heavy atom. The number of aryl methyl sites for hydroxylation is 2. The molecule has 2 aliphatic rings. The molecule has 172 valence electrons. The summed E-state index contributed by atoms with van der Waals surface area (Å²) >= 11 is 0. The number of hydrogen-bond donors (Lipinski definition) is 3. The molecule has 3 N–H and O–H groups in total. The van der Waals surface area contributed by atoms with Gasteiger partial charge in [-0.2, -0.15) is 0 Å². The van der Waals surface area contributed by atoms with Gasteiger partial charge in [-0.3, -0.25) is 4.79 Å². The number of aromatic nitrogens is 1. The molecule has 0 unspecified atom stereocenters. The van der Waals surface area contributed by atoms with Crippen LogP contribution in [0.4, 0.5) is 5.82 Å². The molecule has 2 heterocycles. The van der Waals surface area contributed by atoms with E-state index in [9.17, 15) is 14.7 Å². The molecule has 1 aromatic rings. The number of pyridine rings is 1. The highest BCUT2D eigenvalue weighted by Gasteiger charge is 2.30. The number of hydrogen-bond acceptors (Lipinski definition) is 5. The number of anilines is 1. The van der Waals surface area contributed by atoms with Crippen LogP contribution >= 0.6 is 0 Å². The molecule has 0 bridgehead atoms. The number of carboxylic acid groups (broad SMARTS) is 1. The molecule has 0 radical (unpaired) electrons. The SMILES string of the molecule is CC(C)(C)CC(=O)N[C@@H](CCOC1CC(CCc2ccc3c(n2)NCCC3)C1)C(=O)O. The van der Waals surface area contributed by atoms with E-state index in [0.29, 0.717) is 25.4 Å². The summed E-state index contributed by atoms with van der Waals surface area (Å²) in [7, 11) is 0. The van der Waals surface area contributed by atoms with Gasteiger partial charge < -0.3 is 20.5 Å². The second-order valence-electron chi connectivity index (χ2n) is 10.2. The number of carbonyl (C=O) groups excluding carboxylic acids is 1. The first-order chi connectivity index (χ1) is 14.7. The van der Waals surface area contributed by atoms with Crippen LogP contribution in [0.25, 0.3) is 0 Å². The van der Waals surface area contributed by atoms with Crippen LogP contribution in [-0.2, 0) is 27.2 Å². The summed E-state index contributed by atoms with van der Waals surface area (Å²) in [5.41, 5.74) is 2.30. The molecule has 0 aromatic carbocycles.